The van der Waals surface area contributed by atoms with Crippen LogP contribution in [-0.4, -0.2) is 36.2 Å². The lowest BCUT2D eigenvalue weighted by atomic mass is 9.71. The molecular weight excluding hydrogens is 246 g/mol. The molecule has 0 spiro atoms. The molecule has 0 saturated heterocycles. The molecule has 1 amide bonds. The van der Waals surface area contributed by atoms with Gasteiger partial charge in [-0.1, -0.05) is 19.3 Å². The van der Waals surface area contributed by atoms with Gasteiger partial charge in [-0.15, -0.1) is 0 Å². The third-order valence-corrected chi connectivity index (χ3v) is 3.75. The molecule has 1 aliphatic rings. The van der Waals surface area contributed by atoms with Crippen LogP contribution in [0.3, 0.4) is 0 Å². The van der Waals surface area contributed by atoms with Crippen molar-refractivity contribution in [2.75, 3.05) is 13.7 Å². The zero-order chi connectivity index (χ0) is 14.5. The molecule has 1 saturated carbocycles. The molecular formula is C14H25NO4. The van der Waals surface area contributed by atoms with Crippen molar-refractivity contribution in [3.05, 3.63) is 0 Å². The van der Waals surface area contributed by atoms with Crippen molar-refractivity contribution >= 4 is 11.9 Å². The Bertz CT molecular complexity index is 332. The van der Waals surface area contributed by atoms with Gasteiger partial charge in [0, 0.05) is 13.5 Å². The molecule has 110 valence electrons. The van der Waals surface area contributed by atoms with Crippen molar-refractivity contribution in [2.24, 2.45) is 5.41 Å². The average Bonchev–Trinajstić information content (AvgIpc) is 2.28. The summed E-state index contributed by atoms with van der Waals surface area (Å²) in [7, 11) is 1.58. The van der Waals surface area contributed by atoms with Crippen LogP contribution in [0.2, 0.25) is 0 Å². The largest absolute Gasteiger partial charge is 0.481 e. The third-order valence-electron chi connectivity index (χ3n) is 3.75. The van der Waals surface area contributed by atoms with E-state index in [1.807, 2.05) is 13.8 Å². The van der Waals surface area contributed by atoms with E-state index >= 15 is 0 Å². The molecule has 1 fully saturated rings. The summed E-state index contributed by atoms with van der Waals surface area (Å²) in [6.45, 7) is 4.13. The molecule has 0 radical (unpaired) electrons. The first-order valence-corrected chi connectivity index (χ1v) is 6.85. The van der Waals surface area contributed by atoms with Gasteiger partial charge in [-0.25, -0.2) is 0 Å². The summed E-state index contributed by atoms with van der Waals surface area (Å²) in [5, 5.41) is 12.3. The van der Waals surface area contributed by atoms with Crippen LogP contribution < -0.4 is 5.32 Å². The molecule has 19 heavy (non-hydrogen) atoms. The normalized spacial score (nSPS) is 18.9. The van der Waals surface area contributed by atoms with Gasteiger partial charge in [-0.3, -0.25) is 9.59 Å². The lowest BCUT2D eigenvalue weighted by molar-refractivity contribution is -0.154. The fraction of sp³-hybridized carbons (Fsp3) is 0.857. The quantitative estimate of drug-likeness (QED) is 0.774. The fourth-order valence-electron chi connectivity index (χ4n) is 2.82. The van der Waals surface area contributed by atoms with E-state index in [2.05, 4.69) is 5.32 Å². The lowest BCUT2D eigenvalue weighted by Crippen LogP contribution is -2.49. The van der Waals surface area contributed by atoms with Gasteiger partial charge in [-0.05, 0) is 26.7 Å². The molecule has 5 nitrogen and oxygen atoms in total. The lowest BCUT2D eigenvalue weighted by Gasteiger charge is -2.34. The van der Waals surface area contributed by atoms with Crippen molar-refractivity contribution in [2.45, 2.75) is 57.9 Å². The Balaban J connectivity index is 2.64. The third kappa shape index (κ3) is 4.49. The first kappa shape index (κ1) is 16.0. The Morgan fingerprint density at radius 3 is 2.32 bits per heavy atom. The van der Waals surface area contributed by atoms with Crippen LogP contribution in [0.4, 0.5) is 0 Å². The molecule has 1 rings (SSSR count). The minimum atomic E-state index is -0.870. The number of methoxy groups -OCH3 is 1. The van der Waals surface area contributed by atoms with E-state index in [0.717, 1.165) is 19.3 Å². The van der Waals surface area contributed by atoms with Crippen molar-refractivity contribution in [3.8, 4) is 0 Å². The van der Waals surface area contributed by atoms with Crippen LogP contribution in [0, 0.1) is 5.41 Å². The number of nitrogens with one attached hydrogen (secondary N) is 1. The second kappa shape index (κ2) is 6.37. The van der Waals surface area contributed by atoms with E-state index < -0.39 is 16.9 Å². The zero-order valence-electron chi connectivity index (χ0n) is 12.1. The van der Waals surface area contributed by atoms with Gasteiger partial charge in [0.25, 0.3) is 0 Å². The number of ether oxygens (including phenoxy) is 1. The van der Waals surface area contributed by atoms with Crippen LogP contribution in [0.15, 0.2) is 0 Å². The summed E-state index contributed by atoms with van der Waals surface area (Å²) in [6, 6.07) is 0. The Morgan fingerprint density at radius 2 is 1.84 bits per heavy atom. The van der Waals surface area contributed by atoms with Crippen LogP contribution in [-0.2, 0) is 14.3 Å². The first-order chi connectivity index (χ1) is 8.81. The Kier molecular flexibility index (Phi) is 5.35. The van der Waals surface area contributed by atoms with E-state index in [4.69, 9.17) is 4.74 Å². The van der Waals surface area contributed by atoms with E-state index in [9.17, 15) is 14.7 Å². The molecule has 0 atom stereocenters. The maximum absolute atomic E-state index is 12.1. The molecule has 0 aromatic heterocycles. The van der Waals surface area contributed by atoms with Crippen molar-refractivity contribution in [1.82, 2.24) is 5.32 Å². The van der Waals surface area contributed by atoms with E-state index in [1.54, 1.807) is 7.11 Å². The molecule has 0 aliphatic heterocycles. The van der Waals surface area contributed by atoms with Gasteiger partial charge in [0.15, 0.2) is 0 Å². The Morgan fingerprint density at radius 1 is 1.26 bits per heavy atom. The number of hydrogen-bond acceptors (Lipinski definition) is 3. The summed E-state index contributed by atoms with van der Waals surface area (Å²) in [4.78, 5) is 23.6. The smallest absolute Gasteiger partial charge is 0.310 e. The van der Waals surface area contributed by atoms with E-state index in [0.29, 0.717) is 19.4 Å². The second-order valence-electron chi connectivity index (χ2n) is 6.19. The van der Waals surface area contributed by atoms with Crippen molar-refractivity contribution < 1.29 is 19.4 Å². The Hall–Kier alpha value is -1.10. The predicted molar refractivity (Wildman–Crippen MR) is 71.9 cm³/mol. The number of hydrogen-bond donors (Lipinski definition) is 2. The number of amides is 1. The average molecular weight is 271 g/mol. The number of carboxylic acids is 1. The number of carbonyl (C=O) groups is 2. The zero-order valence-corrected chi connectivity index (χ0v) is 12.1. The summed E-state index contributed by atoms with van der Waals surface area (Å²) < 4.78 is 5.04. The number of aliphatic carboxylic acids is 1. The summed E-state index contributed by atoms with van der Waals surface area (Å²) >= 11 is 0. The number of carbonyl (C=O) groups excluding carboxylic acids is 1. The van der Waals surface area contributed by atoms with E-state index in [-0.39, 0.29) is 12.3 Å². The SMILES string of the molecule is COCC(C)(C)NC(=O)CC1(C(=O)O)CCCCC1. The van der Waals surface area contributed by atoms with Crippen LogP contribution >= 0.6 is 0 Å². The molecule has 5 heteroatoms. The van der Waals surface area contributed by atoms with Gasteiger partial charge >= 0.3 is 5.97 Å². The summed E-state index contributed by atoms with van der Waals surface area (Å²) in [6.07, 6.45) is 4.10. The van der Waals surface area contributed by atoms with Crippen LogP contribution in [0.5, 0.6) is 0 Å². The van der Waals surface area contributed by atoms with Gasteiger partial charge in [0.05, 0.1) is 17.6 Å². The van der Waals surface area contributed by atoms with Crippen molar-refractivity contribution in [3.63, 3.8) is 0 Å². The molecule has 0 aromatic rings. The number of carboxylic acid groups (broad SMARTS) is 1. The highest BCUT2D eigenvalue weighted by Gasteiger charge is 2.42. The predicted octanol–water partition coefficient (Wildman–Crippen LogP) is 1.95. The molecule has 0 unspecified atom stereocenters. The Labute approximate surface area is 114 Å². The molecule has 1 aliphatic carbocycles. The van der Waals surface area contributed by atoms with Crippen molar-refractivity contribution in [1.29, 1.82) is 0 Å². The van der Waals surface area contributed by atoms with E-state index in [1.165, 1.54) is 0 Å². The topological polar surface area (TPSA) is 75.6 Å². The van der Waals surface area contributed by atoms with Gasteiger partial charge in [0.2, 0.25) is 5.91 Å². The highest BCUT2D eigenvalue weighted by molar-refractivity contribution is 5.85. The fourth-order valence-corrected chi connectivity index (χ4v) is 2.82. The van der Waals surface area contributed by atoms with Crippen LogP contribution in [0.25, 0.3) is 0 Å². The molecule has 2 N–H and O–H groups in total. The monoisotopic (exact) mass is 271 g/mol. The minimum Gasteiger partial charge on any atom is -0.481 e. The van der Waals surface area contributed by atoms with Gasteiger partial charge in [-0.2, -0.15) is 0 Å². The molecule has 0 bridgehead atoms. The standard InChI is InChI=1S/C14H25NO4/c1-13(2,10-19-3)15-11(16)9-14(12(17)18)7-5-4-6-8-14/h4-10H2,1-3H3,(H,15,16)(H,17,18). The van der Waals surface area contributed by atoms with Gasteiger partial charge < -0.3 is 15.2 Å². The summed E-state index contributed by atoms with van der Waals surface area (Å²) in [5.74, 6) is -1.04. The maximum atomic E-state index is 12.1. The minimum absolute atomic E-state index is 0.0650. The highest BCUT2D eigenvalue weighted by Crippen LogP contribution is 2.39. The highest BCUT2D eigenvalue weighted by atomic mass is 16.5. The molecule has 0 heterocycles. The van der Waals surface area contributed by atoms with Crippen LogP contribution in [0.1, 0.15) is 52.4 Å². The van der Waals surface area contributed by atoms with Gasteiger partial charge in [0.1, 0.15) is 0 Å². The summed E-state index contributed by atoms with van der Waals surface area (Å²) in [5.41, 5.74) is -1.34. The maximum Gasteiger partial charge on any atom is 0.310 e. The second-order valence-corrected chi connectivity index (χ2v) is 6.19. The number of rotatable bonds is 6. The first-order valence-electron chi connectivity index (χ1n) is 6.85. The molecule has 0 aromatic carbocycles.